The van der Waals surface area contributed by atoms with Gasteiger partial charge < -0.3 is 25.9 Å². The van der Waals surface area contributed by atoms with Gasteiger partial charge in [-0.1, -0.05) is 55.9 Å². The number of thioether (sulfide) groups is 1. The number of aromatic nitrogens is 3. The van der Waals surface area contributed by atoms with Crippen LogP contribution in [-0.4, -0.2) is 78.4 Å². The van der Waals surface area contributed by atoms with Crippen molar-refractivity contribution in [3.05, 3.63) is 65.7 Å². The molecule has 13 heteroatoms. The molecule has 0 aliphatic rings. The van der Waals surface area contributed by atoms with Crippen LogP contribution in [0, 0.1) is 5.92 Å². The summed E-state index contributed by atoms with van der Waals surface area (Å²) in [4.78, 5) is 53.7. The molecule has 3 rings (SSSR count). The first kappa shape index (κ1) is 34.2. The third-order valence-corrected chi connectivity index (χ3v) is 8.39. The molecule has 4 atom stereocenters. The van der Waals surface area contributed by atoms with E-state index in [1.54, 1.807) is 33.2 Å². The highest BCUT2D eigenvalue weighted by molar-refractivity contribution is 8.01. The lowest BCUT2D eigenvalue weighted by molar-refractivity contribution is -0.140. The minimum absolute atomic E-state index is 0.0101. The summed E-state index contributed by atoms with van der Waals surface area (Å²) in [5.41, 5.74) is 6.70. The SMILES string of the molecule is CC(C)C[C@@H](C(O)CSc1nccs1)N(C(=O)OC(C)(C)C)C(=O)[C@H](Cc1c[nH]cn1)NC(=O)[C@@H](N)Cc1ccccc1. The Kier molecular flexibility index (Phi) is 12.7. The number of amides is 3. The van der Waals surface area contributed by atoms with Crippen LogP contribution >= 0.6 is 23.1 Å². The Morgan fingerprint density at radius 1 is 1.16 bits per heavy atom. The van der Waals surface area contributed by atoms with Crippen molar-refractivity contribution in [2.45, 2.75) is 88.1 Å². The van der Waals surface area contributed by atoms with E-state index in [2.05, 4.69) is 20.3 Å². The molecule has 43 heavy (non-hydrogen) atoms. The number of imidazole rings is 1. The number of nitrogens with one attached hydrogen (secondary N) is 2. The number of hydrogen-bond donors (Lipinski definition) is 4. The molecule has 0 aliphatic heterocycles. The molecule has 0 saturated heterocycles. The van der Waals surface area contributed by atoms with Gasteiger partial charge in [0.05, 0.1) is 30.2 Å². The minimum atomic E-state index is -1.21. The molecule has 0 aliphatic carbocycles. The van der Waals surface area contributed by atoms with Gasteiger partial charge in [0.25, 0.3) is 5.91 Å². The fraction of sp³-hybridized carbons (Fsp3) is 0.500. The lowest BCUT2D eigenvalue weighted by Crippen LogP contribution is -2.60. The van der Waals surface area contributed by atoms with Gasteiger partial charge in [0, 0.05) is 29.9 Å². The molecule has 11 nitrogen and oxygen atoms in total. The zero-order valence-corrected chi connectivity index (χ0v) is 26.9. The molecule has 1 unspecified atom stereocenters. The van der Waals surface area contributed by atoms with E-state index in [9.17, 15) is 19.5 Å². The Bertz CT molecular complexity index is 1280. The van der Waals surface area contributed by atoms with Gasteiger partial charge in [0.1, 0.15) is 16.0 Å². The summed E-state index contributed by atoms with van der Waals surface area (Å²) in [6.07, 6.45) is 3.29. The molecular weight excluding hydrogens is 589 g/mol. The number of hydrogen-bond acceptors (Lipinski definition) is 10. The summed E-state index contributed by atoms with van der Waals surface area (Å²) >= 11 is 2.77. The molecule has 0 bridgehead atoms. The van der Waals surface area contributed by atoms with Gasteiger partial charge in [-0.05, 0) is 45.1 Å². The molecule has 5 N–H and O–H groups in total. The van der Waals surface area contributed by atoms with Gasteiger partial charge in [-0.3, -0.25) is 9.59 Å². The summed E-state index contributed by atoms with van der Waals surface area (Å²) in [5.74, 6) is -1.07. The highest BCUT2D eigenvalue weighted by atomic mass is 32.2. The molecule has 234 valence electrons. The van der Waals surface area contributed by atoms with Crippen molar-refractivity contribution in [3.8, 4) is 0 Å². The van der Waals surface area contributed by atoms with Crippen LogP contribution in [-0.2, 0) is 27.2 Å². The summed E-state index contributed by atoms with van der Waals surface area (Å²) in [7, 11) is 0. The largest absolute Gasteiger partial charge is 0.443 e. The molecule has 3 amide bonds. The zero-order chi connectivity index (χ0) is 31.6. The van der Waals surface area contributed by atoms with E-state index in [0.29, 0.717) is 12.1 Å². The van der Waals surface area contributed by atoms with Crippen molar-refractivity contribution in [3.63, 3.8) is 0 Å². The lowest BCUT2D eigenvalue weighted by atomic mass is 9.97. The average Bonchev–Trinajstić information content (AvgIpc) is 3.65. The number of nitrogens with two attached hydrogens (primary N) is 1. The van der Waals surface area contributed by atoms with Crippen molar-refractivity contribution >= 4 is 41.0 Å². The summed E-state index contributed by atoms with van der Waals surface area (Å²) in [5, 5.41) is 16.0. The number of thiazole rings is 1. The highest BCUT2D eigenvalue weighted by Crippen LogP contribution is 2.26. The third-order valence-electron chi connectivity index (χ3n) is 6.32. The third kappa shape index (κ3) is 11.1. The molecular formula is C30H42N6O5S2. The van der Waals surface area contributed by atoms with Gasteiger partial charge in [0.15, 0.2) is 0 Å². The Labute approximate surface area is 261 Å². The summed E-state index contributed by atoms with van der Waals surface area (Å²) < 4.78 is 6.44. The van der Waals surface area contributed by atoms with Crippen molar-refractivity contribution in [1.82, 2.24) is 25.2 Å². The fourth-order valence-electron chi connectivity index (χ4n) is 4.39. The van der Waals surface area contributed by atoms with E-state index in [4.69, 9.17) is 10.5 Å². The highest BCUT2D eigenvalue weighted by Gasteiger charge is 2.41. The fourth-order valence-corrected chi connectivity index (χ4v) is 6.06. The second-order valence-electron chi connectivity index (χ2n) is 11.7. The van der Waals surface area contributed by atoms with E-state index in [1.807, 2.05) is 49.6 Å². The van der Waals surface area contributed by atoms with E-state index in [-0.39, 0.29) is 24.5 Å². The van der Waals surface area contributed by atoms with Gasteiger partial charge >= 0.3 is 6.09 Å². The van der Waals surface area contributed by atoms with E-state index < -0.39 is 47.7 Å². The number of aliphatic hydroxyl groups is 1. The van der Waals surface area contributed by atoms with Crippen LogP contribution < -0.4 is 11.1 Å². The van der Waals surface area contributed by atoms with Crippen LogP contribution in [0.5, 0.6) is 0 Å². The molecule has 0 spiro atoms. The maximum absolute atomic E-state index is 14.4. The first-order valence-corrected chi connectivity index (χ1v) is 16.0. The lowest BCUT2D eigenvalue weighted by Gasteiger charge is -2.37. The molecule has 0 fully saturated rings. The van der Waals surface area contributed by atoms with E-state index in [1.165, 1.54) is 29.4 Å². The van der Waals surface area contributed by atoms with Crippen molar-refractivity contribution in [2.75, 3.05) is 5.75 Å². The molecule has 2 aromatic heterocycles. The Hall–Kier alpha value is -3.26. The smallest absolute Gasteiger partial charge is 0.417 e. The number of aromatic amines is 1. The van der Waals surface area contributed by atoms with Crippen LogP contribution in [0.25, 0.3) is 0 Å². The first-order valence-electron chi connectivity index (χ1n) is 14.2. The average molecular weight is 631 g/mol. The van der Waals surface area contributed by atoms with E-state index >= 15 is 0 Å². The predicted octanol–water partition coefficient (Wildman–Crippen LogP) is 3.80. The summed E-state index contributed by atoms with van der Waals surface area (Å²) in [6, 6.07) is 6.22. The number of nitrogens with zero attached hydrogens (tertiary/aromatic N) is 3. The van der Waals surface area contributed by atoms with Crippen LogP contribution in [0.3, 0.4) is 0 Å². The zero-order valence-electron chi connectivity index (χ0n) is 25.2. The van der Waals surface area contributed by atoms with Gasteiger partial charge in [-0.25, -0.2) is 19.7 Å². The van der Waals surface area contributed by atoms with Gasteiger partial charge in [0.2, 0.25) is 5.91 Å². The topological polar surface area (TPSA) is 164 Å². The quantitative estimate of drug-likeness (QED) is 0.194. The number of H-pyrrole nitrogens is 1. The first-order chi connectivity index (χ1) is 20.3. The van der Waals surface area contributed by atoms with Crippen molar-refractivity contribution in [2.24, 2.45) is 11.7 Å². The number of rotatable bonds is 14. The van der Waals surface area contributed by atoms with Gasteiger partial charge in [-0.2, -0.15) is 0 Å². The number of carbonyl (C=O) groups excluding carboxylic acids is 3. The Morgan fingerprint density at radius 3 is 2.47 bits per heavy atom. The number of benzene rings is 1. The Balaban J connectivity index is 1.94. The maximum Gasteiger partial charge on any atom is 0.417 e. The van der Waals surface area contributed by atoms with Crippen LogP contribution in [0.15, 0.2) is 58.8 Å². The molecule has 2 heterocycles. The number of aliphatic hydroxyl groups excluding tert-OH is 1. The predicted molar refractivity (Wildman–Crippen MR) is 168 cm³/mol. The minimum Gasteiger partial charge on any atom is -0.443 e. The molecule has 3 aromatic rings. The monoisotopic (exact) mass is 630 g/mol. The standard InChI is InChI=1S/C30H42N6O5S2/c1-19(2)13-24(25(37)17-43-28-33-11-12-42-28)36(29(40)41-30(3,4)5)27(39)23(15-21-16-32-18-34-21)35-26(38)22(31)14-20-9-7-6-8-10-20/h6-12,16,18-19,22-25,37H,13-15,17,31H2,1-5H3,(H,32,34)(H,35,38)/t22-,23-,24-,25?/m0/s1. The van der Waals surface area contributed by atoms with Crippen LogP contribution in [0.4, 0.5) is 4.79 Å². The van der Waals surface area contributed by atoms with Crippen molar-refractivity contribution in [1.29, 1.82) is 0 Å². The maximum atomic E-state index is 14.4. The normalized spacial score (nSPS) is 14.5. The number of imide groups is 1. The Morgan fingerprint density at radius 2 is 1.88 bits per heavy atom. The second kappa shape index (κ2) is 16.0. The molecule has 0 saturated carbocycles. The molecule has 0 radical (unpaired) electrons. The van der Waals surface area contributed by atoms with Gasteiger partial charge in [-0.15, -0.1) is 11.3 Å². The number of ether oxygens (including phenoxy) is 1. The number of carbonyl (C=O) groups is 3. The van der Waals surface area contributed by atoms with E-state index in [0.717, 1.165) is 14.8 Å². The van der Waals surface area contributed by atoms with Crippen molar-refractivity contribution < 1.29 is 24.2 Å². The van der Waals surface area contributed by atoms with Crippen LogP contribution in [0.1, 0.15) is 52.3 Å². The summed E-state index contributed by atoms with van der Waals surface area (Å²) in [6.45, 7) is 8.98. The molecule has 1 aromatic carbocycles. The second-order valence-corrected chi connectivity index (χ2v) is 13.8. The van der Waals surface area contributed by atoms with Crippen LogP contribution in [0.2, 0.25) is 0 Å².